The molecule has 4 rings (SSSR count). The maximum Gasteiger partial charge on any atom is 0.326 e. The van der Waals surface area contributed by atoms with Crippen LogP contribution in [0.4, 0.5) is 10.5 Å². The van der Waals surface area contributed by atoms with E-state index in [4.69, 9.17) is 0 Å². The van der Waals surface area contributed by atoms with Crippen molar-refractivity contribution in [1.29, 1.82) is 0 Å². The van der Waals surface area contributed by atoms with Crippen LogP contribution in [0.1, 0.15) is 57.1 Å². The fraction of sp³-hybridized carbons (Fsp3) is 0.455. The SMILES string of the molecule is CC(C)C[C@H](NC(=O)N1CCCCCC1)C(=O)N[C@H](Cc1c[nH]c2ccccc12)C(=O)N[C@H](Cc1cccc([N+](=O)[O-])c1)C(=O)O. The molecule has 0 radical (unpaired) electrons. The first-order valence-corrected chi connectivity index (χ1v) is 15.7. The largest absolute Gasteiger partial charge is 0.480 e. The number of fused-ring (bicyclic) bond motifs is 1. The summed E-state index contributed by atoms with van der Waals surface area (Å²) in [6, 6.07) is 9.15. The van der Waals surface area contributed by atoms with Gasteiger partial charge in [0, 0.05) is 55.2 Å². The second kappa shape index (κ2) is 15.9. The van der Waals surface area contributed by atoms with Gasteiger partial charge in [-0.1, -0.05) is 57.0 Å². The number of aromatic nitrogens is 1. The minimum absolute atomic E-state index is 0.0409. The van der Waals surface area contributed by atoms with E-state index < -0.39 is 40.8 Å². The van der Waals surface area contributed by atoms with Crippen LogP contribution in [0.15, 0.2) is 54.7 Å². The first-order chi connectivity index (χ1) is 22.0. The molecule has 1 saturated heterocycles. The Balaban J connectivity index is 1.57. The molecule has 0 saturated carbocycles. The van der Waals surface area contributed by atoms with Gasteiger partial charge in [0.15, 0.2) is 0 Å². The number of hydrogen-bond acceptors (Lipinski definition) is 6. The quantitative estimate of drug-likeness (QED) is 0.139. The number of benzene rings is 2. The number of urea groups is 1. The van der Waals surface area contributed by atoms with Gasteiger partial charge >= 0.3 is 12.0 Å². The van der Waals surface area contributed by atoms with Crippen LogP contribution < -0.4 is 16.0 Å². The summed E-state index contributed by atoms with van der Waals surface area (Å²) in [5.41, 5.74) is 1.72. The zero-order chi connectivity index (χ0) is 33.2. The second-order valence-corrected chi connectivity index (χ2v) is 12.2. The number of aromatic amines is 1. The van der Waals surface area contributed by atoms with Crippen LogP contribution >= 0.6 is 0 Å². The number of aliphatic carboxylic acids is 1. The van der Waals surface area contributed by atoms with Gasteiger partial charge in [0.1, 0.15) is 18.1 Å². The molecule has 0 spiro atoms. The first kappa shape index (κ1) is 33.9. The lowest BCUT2D eigenvalue weighted by Crippen LogP contribution is -2.58. The van der Waals surface area contributed by atoms with E-state index >= 15 is 0 Å². The first-order valence-electron chi connectivity index (χ1n) is 15.7. The highest BCUT2D eigenvalue weighted by Gasteiger charge is 2.32. The molecule has 46 heavy (non-hydrogen) atoms. The maximum atomic E-state index is 13.8. The average Bonchev–Trinajstić information content (AvgIpc) is 3.22. The number of nitrogens with one attached hydrogen (secondary N) is 4. The second-order valence-electron chi connectivity index (χ2n) is 12.2. The number of carbonyl (C=O) groups is 4. The van der Waals surface area contributed by atoms with Crippen molar-refractivity contribution in [2.24, 2.45) is 5.92 Å². The molecule has 5 N–H and O–H groups in total. The summed E-state index contributed by atoms with van der Waals surface area (Å²) in [5.74, 6) is -2.58. The van der Waals surface area contributed by atoms with Gasteiger partial charge in [-0.15, -0.1) is 0 Å². The standard InChI is InChI=1S/C33H42N6O7/c1-21(2)16-27(37-33(44)38-14-7-3-4-8-15-38)30(40)35-28(19-23-20-34-26-13-6-5-12-25(23)26)31(41)36-29(32(42)43)18-22-10-9-11-24(17-22)39(45)46/h5-6,9-13,17,20-21,27-29,34H,3-4,7-8,14-16,18-19H2,1-2H3,(H,35,40)(H,36,41)(H,37,44)(H,42,43)/t27-,28+,29+/m0/s1. The van der Waals surface area contributed by atoms with Crippen molar-refractivity contribution in [3.63, 3.8) is 0 Å². The summed E-state index contributed by atoms with van der Waals surface area (Å²) in [6.45, 7) is 5.07. The summed E-state index contributed by atoms with van der Waals surface area (Å²) in [6.07, 6.45) is 5.77. The Hall–Kier alpha value is -4.94. The molecule has 2 aromatic carbocycles. The van der Waals surface area contributed by atoms with E-state index in [0.29, 0.717) is 25.1 Å². The Bertz CT molecular complexity index is 1550. The summed E-state index contributed by atoms with van der Waals surface area (Å²) in [7, 11) is 0. The molecule has 1 fully saturated rings. The van der Waals surface area contributed by atoms with Crippen LogP contribution in [0.2, 0.25) is 0 Å². The highest BCUT2D eigenvalue weighted by molar-refractivity contribution is 5.94. The molecule has 1 aromatic heterocycles. The number of nitro groups is 1. The normalized spacial score (nSPS) is 15.4. The zero-order valence-electron chi connectivity index (χ0n) is 26.2. The third-order valence-electron chi connectivity index (χ3n) is 8.12. The number of carbonyl (C=O) groups excluding carboxylic acids is 3. The van der Waals surface area contributed by atoms with Gasteiger partial charge in [-0.2, -0.15) is 0 Å². The number of carboxylic acid groups (broad SMARTS) is 1. The smallest absolute Gasteiger partial charge is 0.326 e. The number of likely N-dealkylation sites (tertiary alicyclic amines) is 1. The van der Waals surface area contributed by atoms with Crippen molar-refractivity contribution in [2.75, 3.05) is 13.1 Å². The fourth-order valence-electron chi connectivity index (χ4n) is 5.72. The monoisotopic (exact) mass is 634 g/mol. The lowest BCUT2D eigenvalue weighted by Gasteiger charge is -2.28. The Morgan fingerprint density at radius 2 is 1.57 bits per heavy atom. The van der Waals surface area contributed by atoms with Crippen LogP contribution in [0.5, 0.6) is 0 Å². The number of nitro benzene ring substituents is 1. The molecule has 3 atom stereocenters. The Morgan fingerprint density at radius 1 is 0.891 bits per heavy atom. The fourth-order valence-corrected chi connectivity index (χ4v) is 5.72. The highest BCUT2D eigenvalue weighted by atomic mass is 16.6. The number of non-ortho nitro benzene ring substituents is 1. The van der Waals surface area contributed by atoms with Gasteiger partial charge in [-0.25, -0.2) is 9.59 Å². The average molecular weight is 635 g/mol. The van der Waals surface area contributed by atoms with E-state index in [9.17, 15) is 34.4 Å². The number of hydrogen-bond donors (Lipinski definition) is 5. The molecule has 246 valence electrons. The molecular weight excluding hydrogens is 592 g/mol. The van der Waals surface area contributed by atoms with E-state index in [1.54, 1.807) is 17.2 Å². The molecule has 1 aliphatic heterocycles. The molecule has 2 heterocycles. The molecule has 0 aliphatic carbocycles. The van der Waals surface area contributed by atoms with Crippen molar-refractivity contribution in [1.82, 2.24) is 25.8 Å². The molecule has 3 aromatic rings. The van der Waals surface area contributed by atoms with Crippen LogP contribution in [-0.4, -0.2) is 74.9 Å². The van der Waals surface area contributed by atoms with Crippen molar-refractivity contribution < 1.29 is 29.2 Å². The lowest BCUT2D eigenvalue weighted by atomic mass is 10.00. The van der Waals surface area contributed by atoms with E-state index in [-0.39, 0.29) is 30.5 Å². The number of amides is 4. The van der Waals surface area contributed by atoms with Crippen molar-refractivity contribution >= 4 is 40.4 Å². The molecule has 13 heteroatoms. The Labute approximate surface area is 267 Å². The van der Waals surface area contributed by atoms with Crippen molar-refractivity contribution in [3.8, 4) is 0 Å². The van der Waals surface area contributed by atoms with Crippen molar-refractivity contribution in [3.05, 3.63) is 76.0 Å². The van der Waals surface area contributed by atoms with E-state index in [1.165, 1.54) is 18.2 Å². The number of para-hydroxylation sites is 1. The van der Waals surface area contributed by atoms with E-state index in [2.05, 4.69) is 20.9 Å². The number of H-pyrrole nitrogens is 1. The van der Waals surface area contributed by atoms with Crippen LogP contribution in [-0.2, 0) is 27.2 Å². The Kier molecular flexibility index (Phi) is 11.7. The van der Waals surface area contributed by atoms with Gasteiger partial charge in [0.2, 0.25) is 11.8 Å². The number of carboxylic acids is 1. The predicted octanol–water partition coefficient (Wildman–Crippen LogP) is 3.92. The molecule has 1 aliphatic rings. The maximum absolute atomic E-state index is 13.8. The third-order valence-corrected chi connectivity index (χ3v) is 8.12. The molecule has 4 amide bonds. The van der Waals surface area contributed by atoms with Gasteiger partial charge < -0.3 is 30.9 Å². The summed E-state index contributed by atoms with van der Waals surface area (Å²) in [5, 5.41) is 30.2. The number of nitrogens with zero attached hydrogens (tertiary/aromatic N) is 2. The minimum atomic E-state index is -1.42. The van der Waals surface area contributed by atoms with Gasteiger partial charge in [-0.3, -0.25) is 19.7 Å². The van der Waals surface area contributed by atoms with Gasteiger partial charge in [0.25, 0.3) is 5.69 Å². The van der Waals surface area contributed by atoms with Crippen LogP contribution in [0.3, 0.4) is 0 Å². The topological polar surface area (TPSA) is 187 Å². The van der Waals surface area contributed by atoms with E-state index in [0.717, 1.165) is 42.1 Å². The third kappa shape index (κ3) is 9.29. The lowest BCUT2D eigenvalue weighted by molar-refractivity contribution is -0.384. The summed E-state index contributed by atoms with van der Waals surface area (Å²) >= 11 is 0. The molecule has 0 bridgehead atoms. The van der Waals surface area contributed by atoms with Gasteiger partial charge in [0.05, 0.1) is 4.92 Å². The van der Waals surface area contributed by atoms with Crippen LogP contribution in [0, 0.1) is 16.0 Å². The minimum Gasteiger partial charge on any atom is -0.480 e. The van der Waals surface area contributed by atoms with E-state index in [1.807, 2.05) is 38.1 Å². The molecule has 0 unspecified atom stereocenters. The molecule has 13 nitrogen and oxygen atoms in total. The zero-order valence-corrected chi connectivity index (χ0v) is 26.2. The summed E-state index contributed by atoms with van der Waals surface area (Å²) in [4.78, 5) is 68.5. The Morgan fingerprint density at radius 3 is 2.24 bits per heavy atom. The van der Waals surface area contributed by atoms with Crippen molar-refractivity contribution in [2.45, 2.75) is 76.9 Å². The predicted molar refractivity (Wildman–Crippen MR) is 172 cm³/mol. The van der Waals surface area contributed by atoms with Gasteiger partial charge in [-0.05, 0) is 42.4 Å². The summed E-state index contributed by atoms with van der Waals surface area (Å²) < 4.78 is 0. The number of rotatable bonds is 13. The highest BCUT2D eigenvalue weighted by Crippen LogP contribution is 2.20. The molecular formula is C33H42N6O7. The van der Waals surface area contributed by atoms with Crippen LogP contribution in [0.25, 0.3) is 10.9 Å².